The first kappa shape index (κ1) is 15.7. The molecule has 0 aliphatic heterocycles. The van der Waals surface area contributed by atoms with E-state index in [1.54, 1.807) is 0 Å². The van der Waals surface area contributed by atoms with Crippen molar-refractivity contribution in [3.05, 3.63) is 33.6 Å². The van der Waals surface area contributed by atoms with Gasteiger partial charge in [-0.1, -0.05) is 37.0 Å². The predicted molar refractivity (Wildman–Crippen MR) is 76.9 cm³/mol. The fourth-order valence-corrected chi connectivity index (χ4v) is 2.36. The molecule has 0 saturated heterocycles. The fourth-order valence-electron chi connectivity index (χ4n) is 1.81. The fraction of sp³-hybridized carbons (Fsp3) is 0.571. The molecule has 1 aromatic carbocycles. The molecule has 0 aliphatic rings. The molecule has 0 heterocycles. The van der Waals surface area contributed by atoms with E-state index in [0.29, 0.717) is 10.9 Å². The van der Waals surface area contributed by atoms with Crippen molar-refractivity contribution in [2.24, 2.45) is 5.92 Å². The van der Waals surface area contributed by atoms with E-state index >= 15 is 0 Å². The highest BCUT2D eigenvalue weighted by Gasteiger charge is 2.12. The lowest BCUT2D eigenvalue weighted by Gasteiger charge is -2.16. The van der Waals surface area contributed by atoms with Gasteiger partial charge >= 0.3 is 0 Å². The summed E-state index contributed by atoms with van der Waals surface area (Å²) in [6.07, 6.45) is 2.29. The molecule has 0 bridgehead atoms. The number of halogens is 3. The molecule has 18 heavy (non-hydrogen) atoms. The third-order valence-electron chi connectivity index (χ3n) is 2.91. The van der Waals surface area contributed by atoms with E-state index in [2.05, 4.69) is 19.2 Å². The lowest BCUT2D eigenvalue weighted by atomic mass is 10.1. The number of benzene rings is 1. The van der Waals surface area contributed by atoms with Crippen molar-refractivity contribution in [1.82, 2.24) is 5.32 Å². The van der Waals surface area contributed by atoms with Gasteiger partial charge in [-0.3, -0.25) is 0 Å². The van der Waals surface area contributed by atoms with Crippen LogP contribution in [0, 0.1) is 11.7 Å². The van der Waals surface area contributed by atoms with E-state index in [1.165, 1.54) is 18.6 Å². The Kier molecular flexibility index (Phi) is 6.40. The zero-order valence-electron chi connectivity index (χ0n) is 11.1. The zero-order chi connectivity index (χ0) is 13.7. The largest absolute Gasteiger partial charge is 0.310 e. The van der Waals surface area contributed by atoms with Crippen LogP contribution in [0.3, 0.4) is 0 Å². The second-order valence-corrected chi connectivity index (χ2v) is 5.81. The van der Waals surface area contributed by atoms with Crippen LogP contribution in [0.25, 0.3) is 0 Å². The van der Waals surface area contributed by atoms with Gasteiger partial charge in [0.1, 0.15) is 5.82 Å². The molecule has 0 aromatic heterocycles. The summed E-state index contributed by atoms with van der Waals surface area (Å²) in [7, 11) is 0. The van der Waals surface area contributed by atoms with Gasteiger partial charge in [0, 0.05) is 11.1 Å². The molecule has 1 N–H and O–H groups in total. The van der Waals surface area contributed by atoms with Crippen LogP contribution >= 0.6 is 23.2 Å². The molecule has 0 amide bonds. The van der Waals surface area contributed by atoms with Gasteiger partial charge in [-0.05, 0) is 49.9 Å². The molecule has 1 aromatic rings. The first-order valence-corrected chi connectivity index (χ1v) is 7.05. The quantitative estimate of drug-likeness (QED) is 0.560. The Bertz CT molecular complexity index is 394. The first-order chi connectivity index (χ1) is 8.41. The van der Waals surface area contributed by atoms with Gasteiger partial charge in [0.25, 0.3) is 0 Å². The Labute approximate surface area is 119 Å². The molecule has 0 aliphatic carbocycles. The van der Waals surface area contributed by atoms with Gasteiger partial charge in [0.05, 0.1) is 5.02 Å². The molecule has 0 radical (unpaired) electrons. The van der Waals surface area contributed by atoms with E-state index in [9.17, 15) is 4.39 Å². The summed E-state index contributed by atoms with van der Waals surface area (Å²) < 4.78 is 13.4. The second-order valence-electron chi connectivity index (χ2n) is 5.00. The average Bonchev–Trinajstić information content (AvgIpc) is 2.28. The molecular formula is C14H20Cl2FN. The Morgan fingerprint density at radius 2 is 1.83 bits per heavy atom. The van der Waals surface area contributed by atoms with Gasteiger partial charge in [-0.15, -0.1) is 0 Å². The van der Waals surface area contributed by atoms with Crippen LogP contribution in [0.15, 0.2) is 12.1 Å². The van der Waals surface area contributed by atoms with Crippen LogP contribution in [0.4, 0.5) is 4.39 Å². The first-order valence-electron chi connectivity index (χ1n) is 6.29. The smallest absolute Gasteiger partial charge is 0.142 e. The SMILES string of the molecule is CC(C)CCCNC(C)c1cc(F)c(Cl)cc1Cl. The van der Waals surface area contributed by atoms with Gasteiger partial charge < -0.3 is 5.32 Å². The van der Waals surface area contributed by atoms with Crippen molar-refractivity contribution < 1.29 is 4.39 Å². The van der Waals surface area contributed by atoms with Crippen molar-refractivity contribution in [2.75, 3.05) is 6.54 Å². The van der Waals surface area contributed by atoms with Crippen molar-refractivity contribution in [1.29, 1.82) is 0 Å². The van der Waals surface area contributed by atoms with Crippen LogP contribution in [0.5, 0.6) is 0 Å². The van der Waals surface area contributed by atoms with Gasteiger partial charge in [-0.2, -0.15) is 0 Å². The third-order valence-corrected chi connectivity index (χ3v) is 3.53. The van der Waals surface area contributed by atoms with Crippen LogP contribution in [0.2, 0.25) is 10.0 Å². The Morgan fingerprint density at radius 3 is 2.44 bits per heavy atom. The Balaban J connectivity index is 2.56. The van der Waals surface area contributed by atoms with E-state index in [1.807, 2.05) is 6.92 Å². The number of hydrogen-bond donors (Lipinski definition) is 1. The van der Waals surface area contributed by atoms with Crippen LogP contribution in [-0.4, -0.2) is 6.54 Å². The van der Waals surface area contributed by atoms with Crippen LogP contribution in [0.1, 0.15) is 45.2 Å². The average molecular weight is 292 g/mol. The van der Waals surface area contributed by atoms with Gasteiger partial charge in [0.15, 0.2) is 0 Å². The summed E-state index contributed by atoms with van der Waals surface area (Å²) in [6, 6.07) is 2.89. The normalized spacial score (nSPS) is 13.1. The molecule has 0 saturated carbocycles. The summed E-state index contributed by atoms with van der Waals surface area (Å²) in [6.45, 7) is 7.29. The number of nitrogens with one attached hydrogen (secondary N) is 1. The van der Waals surface area contributed by atoms with E-state index in [0.717, 1.165) is 18.5 Å². The molecule has 4 heteroatoms. The summed E-state index contributed by atoms with van der Waals surface area (Å²) in [5.74, 6) is 0.283. The molecule has 102 valence electrons. The molecule has 1 unspecified atom stereocenters. The van der Waals surface area contributed by atoms with E-state index in [4.69, 9.17) is 23.2 Å². The van der Waals surface area contributed by atoms with Crippen molar-refractivity contribution in [3.8, 4) is 0 Å². The zero-order valence-corrected chi connectivity index (χ0v) is 12.6. The molecule has 1 nitrogen and oxygen atoms in total. The minimum atomic E-state index is -0.424. The Hall–Kier alpha value is -0.310. The van der Waals surface area contributed by atoms with Crippen molar-refractivity contribution >= 4 is 23.2 Å². The molecule has 1 atom stereocenters. The maximum Gasteiger partial charge on any atom is 0.142 e. The highest BCUT2D eigenvalue weighted by molar-refractivity contribution is 6.35. The summed E-state index contributed by atoms with van der Waals surface area (Å²) in [4.78, 5) is 0. The standard InChI is InChI=1S/C14H20Cl2FN/c1-9(2)5-4-6-18-10(3)11-7-14(17)13(16)8-12(11)15/h7-10,18H,4-6H2,1-3H3. The topological polar surface area (TPSA) is 12.0 Å². The molecule has 1 rings (SSSR count). The summed E-state index contributed by atoms with van der Waals surface area (Å²) >= 11 is 11.7. The third kappa shape index (κ3) is 4.75. The Morgan fingerprint density at radius 1 is 1.17 bits per heavy atom. The number of rotatable bonds is 6. The summed E-state index contributed by atoms with van der Waals surface area (Å²) in [5.41, 5.74) is 0.753. The molecule has 0 spiro atoms. The van der Waals surface area contributed by atoms with E-state index < -0.39 is 5.82 Å². The minimum Gasteiger partial charge on any atom is -0.310 e. The van der Waals surface area contributed by atoms with Crippen LogP contribution < -0.4 is 5.32 Å². The van der Waals surface area contributed by atoms with Crippen LogP contribution in [-0.2, 0) is 0 Å². The minimum absolute atomic E-state index is 0.0245. The lowest BCUT2D eigenvalue weighted by molar-refractivity contribution is 0.496. The maximum absolute atomic E-state index is 13.4. The highest BCUT2D eigenvalue weighted by Crippen LogP contribution is 2.28. The molecule has 0 fully saturated rings. The lowest BCUT2D eigenvalue weighted by Crippen LogP contribution is -2.20. The van der Waals surface area contributed by atoms with Gasteiger partial charge in [0.2, 0.25) is 0 Å². The van der Waals surface area contributed by atoms with Crippen molar-refractivity contribution in [3.63, 3.8) is 0 Å². The monoisotopic (exact) mass is 291 g/mol. The van der Waals surface area contributed by atoms with Gasteiger partial charge in [-0.25, -0.2) is 4.39 Å². The highest BCUT2D eigenvalue weighted by atomic mass is 35.5. The maximum atomic E-state index is 13.4. The predicted octanol–water partition coefficient (Wildman–Crippen LogP) is 5.22. The number of hydrogen-bond acceptors (Lipinski definition) is 1. The second kappa shape index (κ2) is 7.32. The summed E-state index contributed by atoms with van der Waals surface area (Å²) in [5, 5.41) is 3.92. The molecular weight excluding hydrogens is 272 g/mol. The van der Waals surface area contributed by atoms with Crippen molar-refractivity contribution in [2.45, 2.75) is 39.7 Å². The van der Waals surface area contributed by atoms with E-state index in [-0.39, 0.29) is 11.1 Å².